The van der Waals surface area contributed by atoms with Crippen molar-refractivity contribution in [1.82, 2.24) is 14.4 Å². The summed E-state index contributed by atoms with van der Waals surface area (Å²) in [7, 11) is -2.03. The van der Waals surface area contributed by atoms with Crippen LogP contribution >= 0.6 is 0 Å². The molecule has 2 aromatic carbocycles. The second-order valence-electron chi connectivity index (χ2n) is 8.02. The van der Waals surface area contributed by atoms with Crippen molar-refractivity contribution in [2.45, 2.75) is 51.5 Å². The first-order valence-corrected chi connectivity index (χ1v) is 11.7. The highest BCUT2D eigenvalue weighted by Crippen LogP contribution is 2.20. The molecule has 1 aromatic heterocycles. The molecule has 0 unspecified atom stereocenters. The highest BCUT2D eigenvalue weighted by molar-refractivity contribution is 7.89. The first kappa shape index (κ1) is 23.0. The minimum atomic E-state index is -3.58. The van der Waals surface area contributed by atoms with E-state index in [1.807, 2.05) is 38.1 Å². The summed E-state index contributed by atoms with van der Waals surface area (Å²) in [4.78, 5) is 4.58. The Morgan fingerprint density at radius 2 is 1.71 bits per heavy atom. The Morgan fingerprint density at radius 1 is 1.06 bits per heavy atom. The molecular weight excluding hydrogens is 414 g/mol. The minimum Gasteiger partial charge on any atom is -0.484 e. The quantitative estimate of drug-likeness (QED) is 0.491. The predicted octanol–water partition coefficient (Wildman–Crippen LogP) is 4.25. The van der Waals surface area contributed by atoms with Crippen molar-refractivity contribution in [1.29, 1.82) is 0 Å². The normalized spacial score (nSPS) is 12.0. The topological polar surface area (TPSA) is 85.5 Å². The van der Waals surface area contributed by atoms with Crippen molar-refractivity contribution in [2.24, 2.45) is 0 Å². The van der Waals surface area contributed by atoms with Crippen molar-refractivity contribution >= 4 is 10.0 Å². The number of likely N-dealkylation sites (N-methyl/N-ethyl adjacent to an activating group) is 1. The van der Waals surface area contributed by atoms with E-state index in [-0.39, 0.29) is 18.0 Å². The standard InChI is InChI=1S/C23H29N3O4S/c1-16(2)19-6-8-21(9-7-19)31(27,28)26(5)11-10-22-24-23(30-25-22)15-29-20-13-17(3)12-18(4)14-20/h6-9,12-14,16H,10-11,15H2,1-5H3. The number of ether oxygens (including phenoxy) is 1. The second-order valence-corrected chi connectivity index (χ2v) is 10.1. The van der Waals surface area contributed by atoms with Crippen LogP contribution in [-0.2, 0) is 23.1 Å². The van der Waals surface area contributed by atoms with Crippen LogP contribution < -0.4 is 4.74 Å². The average Bonchev–Trinajstić information content (AvgIpc) is 3.17. The summed E-state index contributed by atoms with van der Waals surface area (Å²) in [5.74, 6) is 1.88. The molecule has 0 saturated carbocycles. The molecule has 7 nitrogen and oxygen atoms in total. The van der Waals surface area contributed by atoms with Crippen LogP contribution in [0.2, 0.25) is 0 Å². The number of nitrogens with zero attached hydrogens (tertiary/aromatic N) is 3. The third kappa shape index (κ3) is 5.92. The lowest BCUT2D eigenvalue weighted by Gasteiger charge is -2.17. The summed E-state index contributed by atoms with van der Waals surface area (Å²) < 4.78 is 37.9. The van der Waals surface area contributed by atoms with Crippen molar-refractivity contribution in [3.8, 4) is 5.75 Å². The molecule has 166 valence electrons. The van der Waals surface area contributed by atoms with Gasteiger partial charge in [0.2, 0.25) is 10.0 Å². The van der Waals surface area contributed by atoms with E-state index >= 15 is 0 Å². The number of benzene rings is 2. The zero-order chi connectivity index (χ0) is 22.6. The number of hydrogen-bond acceptors (Lipinski definition) is 6. The second kappa shape index (κ2) is 9.62. The summed E-state index contributed by atoms with van der Waals surface area (Å²) in [5.41, 5.74) is 3.33. The molecule has 3 aromatic rings. The minimum absolute atomic E-state index is 0.159. The van der Waals surface area contributed by atoms with E-state index in [9.17, 15) is 8.42 Å². The molecule has 0 fully saturated rings. The molecule has 31 heavy (non-hydrogen) atoms. The van der Waals surface area contributed by atoms with Gasteiger partial charge in [-0.2, -0.15) is 4.98 Å². The van der Waals surface area contributed by atoms with Crippen LogP contribution in [0.25, 0.3) is 0 Å². The van der Waals surface area contributed by atoms with E-state index in [1.165, 1.54) is 4.31 Å². The molecule has 0 aliphatic rings. The first-order chi connectivity index (χ1) is 14.6. The molecule has 0 aliphatic heterocycles. The fraction of sp³-hybridized carbons (Fsp3) is 0.391. The molecule has 0 bridgehead atoms. The summed E-state index contributed by atoms with van der Waals surface area (Å²) in [6, 6.07) is 13.0. The van der Waals surface area contributed by atoms with Crippen molar-refractivity contribution in [3.63, 3.8) is 0 Å². The van der Waals surface area contributed by atoms with Gasteiger partial charge in [0.1, 0.15) is 5.75 Å². The van der Waals surface area contributed by atoms with Crippen LogP contribution in [0.3, 0.4) is 0 Å². The number of hydrogen-bond donors (Lipinski definition) is 0. The Kier molecular flexibility index (Phi) is 7.12. The molecule has 0 N–H and O–H groups in total. The SMILES string of the molecule is Cc1cc(C)cc(OCc2nc(CCN(C)S(=O)(=O)c3ccc(C(C)C)cc3)no2)c1. The van der Waals surface area contributed by atoms with Crippen LogP contribution in [0.1, 0.15) is 48.2 Å². The van der Waals surface area contributed by atoms with Crippen molar-refractivity contribution in [2.75, 3.05) is 13.6 Å². The fourth-order valence-corrected chi connectivity index (χ4v) is 4.37. The Labute approximate surface area is 184 Å². The van der Waals surface area contributed by atoms with Crippen LogP contribution in [-0.4, -0.2) is 36.5 Å². The highest BCUT2D eigenvalue weighted by Gasteiger charge is 2.21. The Balaban J connectivity index is 1.56. The molecule has 0 spiro atoms. The van der Waals surface area contributed by atoms with E-state index in [0.717, 1.165) is 22.4 Å². The third-order valence-corrected chi connectivity index (χ3v) is 6.84. The van der Waals surface area contributed by atoms with Gasteiger partial charge < -0.3 is 9.26 Å². The smallest absolute Gasteiger partial charge is 0.264 e. The lowest BCUT2D eigenvalue weighted by Crippen LogP contribution is -2.29. The molecule has 3 rings (SSSR count). The molecule has 0 atom stereocenters. The highest BCUT2D eigenvalue weighted by atomic mass is 32.2. The summed E-state index contributed by atoms with van der Waals surface area (Å²) >= 11 is 0. The Morgan fingerprint density at radius 3 is 2.32 bits per heavy atom. The van der Waals surface area contributed by atoms with Gasteiger partial charge in [0, 0.05) is 20.0 Å². The van der Waals surface area contributed by atoms with E-state index in [1.54, 1.807) is 19.2 Å². The molecule has 0 radical (unpaired) electrons. The number of aryl methyl sites for hydroxylation is 2. The molecule has 0 amide bonds. The maximum absolute atomic E-state index is 12.8. The Hall–Kier alpha value is -2.71. The van der Waals surface area contributed by atoms with E-state index < -0.39 is 10.0 Å². The predicted molar refractivity (Wildman–Crippen MR) is 119 cm³/mol. The maximum Gasteiger partial charge on any atom is 0.264 e. The third-order valence-electron chi connectivity index (χ3n) is 4.97. The monoisotopic (exact) mass is 443 g/mol. The average molecular weight is 444 g/mol. The lowest BCUT2D eigenvalue weighted by atomic mass is 10.0. The number of aromatic nitrogens is 2. The van der Waals surface area contributed by atoms with E-state index in [4.69, 9.17) is 9.26 Å². The van der Waals surface area contributed by atoms with Crippen LogP contribution in [0.15, 0.2) is 51.9 Å². The van der Waals surface area contributed by atoms with Gasteiger partial charge in [0.15, 0.2) is 12.4 Å². The van der Waals surface area contributed by atoms with Gasteiger partial charge in [0.05, 0.1) is 4.90 Å². The summed E-state index contributed by atoms with van der Waals surface area (Å²) in [6.45, 7) is 8.56. The largest absolute Gasteiger partial charge is 0.484 e. The van der Waals surface area contributed by atoms with Crippen LogP contribution in [0, 0.1) is 13.8 Å². The van der Waals surface area contributed by atoms with Crippen LogP contribution in [0.5, 0.6) is 5.75 Å². The zero-order valence-electron chi connectivity index (χ0n) is 18.6. The van der Waals surface area contributed by atoms with Gasteiger partial charge >= 0.3 is 0 Å². The molecule has 8 heteroatoms. The Bertz CT molecular complexity index is 1100. The van der Waals surface area contributed by atoms with Crippen molar-refractivity contribution in [3.05, 3.63) is 70.9 Å². The van der Waals surface area contributed by atoms with Gasteiger partial charge in [-0.05, 0) is 60.7 Å². The lowest BCUT2D eigenvalue weighted by molar-refractivity contribution is 0.242. The van der Waals surface area contributed by atoms with Crippen molar-refractivity contribution < 1.29 is 17.7 Å². The van der Waals surface area contributed by atoms with Crippen LogP contribution in [0.4, 0.5) is 0 Å². The van der Waals surface area contributed by atoms with Gasteiger partial charge in [-0.1, -0.05) is 37.2 Å². The van der Waals surface area contributed by atoms with Gasteiger partial charge in [-0.15, -0.1) is 0 Å². The maximum atomic E-state index is 12.8. The molecule has 0 saturated heterocycles. The number of sulfonamides is 1. The fourth-order valence-electron chi connectivity index (χ4n) is 3.19. The first-order valence-electron chi connectivity index (χ1n) is 10.2. The summed E-state index contributed by atoms with van der Waals surface area (Å²) in [5, 5.41) is 3.93. The number of rotatable bonds is 9. The molecule has 1 heterocycles. The van der Waals surface area contributed by atoms with E-state index in [0.29, 0.717) is 24.1 Å². The summed E-state index contributed by atoms with van der Waals surface area (Å²) in [6.07, 6.45) is 0.340. The zero-order valence-corrected chi connectivity index (χ0v) is 19.4. The van der Waals surface area contributed by atoms with Gasteiger partial charge in [-0.3, -0.25) is 0 Å². The van der Waals surface area contributed by atoms with Gasteiger partial charge in [-0.25, -0.2) is 12.7 Å². The molecular formula is C23H29N3O4S. The van der Waals surface area contributed by atoms with Gasteiger partial charge in [0.25, 0.3) is 5.89 Å². The molecule has 0 aliphatic carbocycles. The van der Waals surface area contributed by atoms with E-state index in [2.05, 4.69) is 30.1 Å².